The number of thioether (sulfide) groups is 1. The van der Waals surface area contributed by atoms with E-state index < -0.39 is 11.9 Å². The molecule has 94 valence electrons. The lowest BCUT2D eigenvalue weighted by molar-refractivity contribution is -0.150. The van der Waals surface area contributed by atoms with Crippen LogP contribution in [-0.2, 0) is 14.3 Å². The standard InChI is InChI=1S/C12H22O3S/c1-6-9(4)16-7-10(13)11(8(2)3)12(14)15-5/h8-9,11H,6-7H2,1-5H3. The number of carbonyl (C=O) groups excluding carboxylic acids is 2. The number of hydrogen-bond donors (Lipinski definition) is 0. The molecule has 0 fully saturated rings. The third-order valence-electron chi connectivity index (χ3n) is 2.55. The molecule has 0 saturated carbocycles. The lowest BCUT2D eigenvalue weighted by atomic mass is 9.92. The number of carbonyl (C=O) groups is 2. The average molecular weight is 246 g/mol. The molecule has 0 aromatic rings. The van der Waals surface area contributed by atoms with Gasteiger partial charge in [0.25, 0.3) is 0 Å². The fourth-order valence-electron chi connectivity index (χ4n) is 1.33. The van der Waals surface area contributed by atoms with E-state index in [1.165, 1.54) is 7.11 Å². The number of rotatable bonds is 7. The predicted octanol–water partition coefficient (Wildman–Crippen LogP) is 2.53. The summed E-state index contributed by atoms with van der Waals surface area (Å²) in [6.07, 6.45) is 1.03. The van der Waals surface area contributed by atoms with Gasteiger partial charge < -0.3 is 4.74 Å². The Kier molecular flexibility index (Phi) is 7.47. The fraction of sp³-hybridized carbons (Fsp3) is 0.833. The van der Waals surface area contributed by atoms with Gasteiger partial charge in [-0.2, -0.15) is 11.8 Å². The highest BCUT2D eigenvalue weighted by Gasteiger charge is 2.30. The van der Waals surface area contributed by atoms with Gasteiger partial charge in [-0.3, -0.25) is 9.59 Å². The summed E-state index contributed by atoms with van der Waals surface area (Å²) >= 11 is 1.60. The molecule has 0 aliphatic heterocycles. The van der Waals surface area contributed by atoms with Crippen molar-refractivity contribution in [3.8, 4) is 0 Å². The summed E-state index contributed by atoms with van der Waals surface area (Å²) in [6, 6.07) is 0. The van der Waals surface area contributed by atoms with E-state index >= 15 is 0 Å². The Morgan fingerprint density at radius 2 is 1.81 bits per heavy atom. The maximum absolute atomic E-state index is 11.9. The molecule has 0 amide bonds. The van der Waals surface area contributed by atoms with Crippen LogP contribution < -0.4 is 0 Å². The molecule has 0 rings (SSSR count). The largest absolute Gasteiger partial charge is 0.468 e. The predicted molar refractivity (Wildman–Crippen MR) is 67.6 cm³/mol. The molecule has 0 aromatic heterocycles. The number of hydrogen-bond acceptors (Lipinski definition) is 4. The normalized spacial score (nSPS) is 14.6. The highest BCUT2D eigenvalue weighted by atomic mass is 32.2. The van der Waals surface area contributed by atoms with Crippen LogP contribution in [0, 0.1) is 11.8 Å². The van der Waals surface area contributed by atoms with Gasteiger partial charge in [-0.1, -0.05) is 27.7 Å². The zero-order valence-corrected chi connectivity index (χ0v) is 11.6. The molecule has 0 N–H and O–H groups in total. The van der Waals surface area contributed by atoms with Crippen LogP contribution in [-0.4, -0.2) is 29.9 Å². The van der Waals surface area contributed by atoms with Crippen LogP contribution >= 0.6 is 11.8 Å². The van der Waals surface area contributed by atoms with E-state index in [9.17, 15) is 9.59 Å². The van der Waals surface area contributed by atoms with Crippen LogP contribution in [0.15, 0.2) is 0 Å². The zero-order chi connectivity index (χ0) is 12.7. The number of methoxy groups -OCH3 is 1. The summed E-state index contributed by atoms with van der Waals surface area (Å²) in [4.78, 5) is 23.3. The third-order valence-corrected chi connectivity index (χ3v) is 3.91. The third kappa shape index (κ3) is 5.01. The summed E-state index contributed by atoms with van der Waals surface area (Å²) in [5.41, 5.74) is 0. The van der Waals surface area contributed by atoms with Gasteiger partial charge in [0.15, 0.2) is 5.78 Å². The van der Waals surface area contributed by atoms with Gasteiger partial charge in [-0.05, 0) is 12.3 Å². The molecular formula is C12H22O3S. The van der Waals surface area contributed by atoms with E-state index in [2.05, 4.69) is 18.6 Å². The molecule has 0 spiro atoms. The molecule has 2 atom stereocenters. The van der Waals surface area contributed by atoms with Crippen molar-refractivity contribution >= 4 is 23.5 Å². The van der Waals surface area contributed by atoms with E-state index in [1.807, 2.05) is 13.8 Å². The molecule has 0 saturated heterocycles. The lowest BCUT2D eigenvalue weighted by Crippen LogP contribution is -2.31. The topological polar surface area (TPSA) is 43.4 Å². The van der Waals surface area contributed by atoms with Gasteiger partial charge in [0, 0.05) is 5.25 Å². The molecule has 0 heterocycles. The number of esters is 1. The van der Waals surface area contributed by atoms with E-state index in [-0.39, 0.29) is 11.7 Å². The van der Waals surface area contributed by atoms with E-state index in [0.717, 1.165) is 6.42 Å². The highest BCUT2D eigenvalue weighted by molar-refractivity contribution is 8.00. The van der Waals surface area contributed by atoms with Crippen LogP contribution in [0.2, 0.25) is 0 Å². The lowest BCUT2D eigenvalue weighted by Gasteiger charge is -2.17. The van der Waals surface area contributed by atoms with Crippen molar-refractivity contribution in [3.63, 3.8) is 0 Å². The van der Waals surface area contributed by atoms with Gasteiger partial charge in [0.05, 0.1) is 12.9 Å². The first-order valence-corrected chi connectivity index (χ1v) is 6.71. The van der Waals surface area contributed by atoms with Crippen LogP contribution in [0.5, 0.6) is 0 Å². The maximum Gasteiger partial charge on any atom is 0.316 e. The minimum Gasteiger partial charge on any atom is -0.468 e. The Hall–Kier alpha value is -0.510. The summed E-state index contributed by atoms with van der Waals surface area (Å²) < 4.78 is 4.66. The second-order valence-corrected chi connectivity index (χ2v) is 5.67. The Morgan fingerprint density at radius 3 is 2.19 bits per heavy atom. The minimum atomic E-state index is -0.610. The summed E-state index contributed by atoms with van der Waals surface area (Å²) in [7, 11) is 1.33. The molecular weight excluding hydrogens is 224 g/mol. The molecule has 0 aliphatic rings. The Morgan fingerprint density at radius 1 is 1.25 bits per heavy atom. The highest BCUT2D eigenvalue weighted by Crippen LogP contribution is 2.20. The molecule has 0 radical (unpaired) electrons. The molecule has 4 heteroatoms. The van der Waals surface area contributed by atoms with Crippen LogP contribution in [0.25, 0.3) is 0 Å². The van der Waals surface area contributed by atoms with Crippen molar-refractivity contribution in [3.05, 3.63) is 0 Å². The monoisotopic (exact) mass is 246 g/mol. The minimum absolute atomic E-state index is 0.00233. The average Bonchev–Trinajstić information content (AvgIpc) is 2.25. The molecule has 0 aromatic carbocycles. The van der Waals surface area contributed by atoms with E-state index in [0.29, 0.717) is 11.0 Å². The first-order valence-electron chi connectivity index (χ1n) is 5.66. The Labute approximate surface area is 102 Å². The molecule has 2 unspecified atom stereocenters. The number of ether oxygens (including phenoxy) is 1. The maximum atomic E-state index is 11.9. The Bertz CT molecular complexity index is 238. The Balaban J connectivity index is 4.34. The van der Waals surface area contributed by atoms with E-state index in [4.69, 9.17) is 0 Å². The summed E-state index contributed by atoms with van der Waals surface area (Å²) in [5, 5.41) is 0.453. The molecule has 16 heavy (non-hydrogen) atoms. The zero-order valence-electron chi connectivity index (χ0n) is 10.8. The molecule has 3 nitrogen and oxygen atoms in total. The van der Waals surface area contributed by atoms with Crippen molar-refractivity contribution in [2.24, 2.45) is 11.8 Å². The van der Waals surface area contributed by atoms with Gasteiger partial charge in [0.2, 0.25) is 0 Å². The number of Topliss-reactive ketones (excluding diaryl/α,β-unsaturated/α-hetero) is 1. The van der Waals surface area contributed by atoms with Gasteiger partial charge in [-0.15, -0.1) is 0 Å². The number of ketones is 1. The van der Waals surface area contributed by atoms with Crippen molar-refractivity contribution in [1.29, 1.82) is 0 Å². The second kappa shape index (κ2) is 7.71. The second-order valence-electron chi connectivity index (χ2n) is 4.24. The van der Waals surface area contributed by atoms with Crippen LogP contribution in [0.4, 0.5) is 0 Å². The van der Waals surface area contributed by atoms with Gasteiger partial charge in [-0.25, -0.2) is 0 Å². The smallest absolute Gasteiger partial charge is 0.316 e. The van der Waals surface area contributed by atoms with E-state index in [1.54, 1.807) is 11.8 Å². The summed E-state index contributed by atoms with van der Waals surface area (Å²) in [5.74, 6) is -0.650. The summed E-state index contributed by atoms with van der Waals surface area (Å²) in [6.45, 7) is 7.91. The molecule has 0 bridgehead atoms. The van der Waals surface area contributed by atoms with Gasteiger partial charge in [0.1, 0.15) is 5.92 Å². The van der Waals surface area contributed by atoms with Crippen LogP contribution in [0.3, 0.4) is 0 Å². The SMILES string of the molecule is CCC(C)SCC(=O)C(C(=O)OC)C(C)C. The van der Waals surface area contributed by atoms with Crippen molar-refractivity contribution in [2.75, 3.05) is 12.9 Å². The fourth-order valence-corrected chi connectivity index (χ4v) is 2.20. The van der Waals surface area contributed by atoms with Crippen molar-refractivity contribution < 1.29 is 14.3 Å². The van der Waals surface area contributed by atoms with Crippen molar-refractivity contribution in [1.82, 2.24) is 0 Å². The molecule has 0 aliphatic carbocycles. The first kappa shape index (κ1) is 15.5. The van der Waals surface area contributed by atoms with Crippen LogP contribution in [0.1, 0.15) is 34.1 Å². The van der Waals surface area contributed by atoms with Crippen molar-refractivity contribution in [2.45, 2.75) is 39.4 Å². The van der Waals surface area contributed by atoms with Gasteiger partial charge >= 0.3 is 5.97 Å². The first-order chi connectivity index (χ1) is 7.43. The quantitative estimate of drug-likeness (QED) is 0.511.